The van der Waals surface area contributed by atoms with E-state index in [2.05, 4.69) is 15.6 Å². The molecule has 1 heterocycles. The lowest BCUT2D eigenvalue weighted by molar-refractivity contribution is 0.0783. The minimum absolute atomic E-state index is 0.215. The fraction of sp³-hybridized carbons (Fsp3) is 0.242. The number of pyridine rings is 1. The topological polar surface area (TPSA) is 104 Å². The number of methoxy groups -OCH3 is 1. The maximum atomic E-state index is 13.4. The first-order valence-electron chi connectivity index (χ1n) is 13.5. The average Bonchev–Trinajstić information content (AvgIpc) is 3.01. The van der Waals surface area contributed by atoms with Gasteiger partial charge >= 0.3 is 0 Å². The van der Waals surface area contributed by atoms with Crippen molar-refractivity contribution in [1.82, 2.24) is 20.5 Å². The molecule has 8 heteroatoms. The summed E-state index contributed by atoms with van der Waals surface area (Å²) in [7, 11) is 3.33. The number of aliphatic hydroxyl groups excluding tert-OH is 1. The Morgan fingerprint density at radius 1 is 0.902 bits per heavy atom. The molecule has 3 aromatic carbocycles. The number of carbonyl (C=O) groups is 2. The van der Waals surface area contributed by atoms with E-state index in [0.29, 0.717) is 30.6 Å². The highest BCUT2D eigenvalue weighted by atomic mass is 16.5. The molecule has 2 amide bonds. The smallest absolute Gasteiger partial charge is 0.253 e. The predicted octanol–water partition coefficient (Wildman–Crippen LogP) is 3.85. The Hall–Kier alpha value is -4.53. The summed E-state index contributed by atoms with van der Waals surface area (Å²) >= 11 is 0. The van der Waals surface area contributed by atoms with Crippen LogP contribution in [0, 0.1) is 0 Å². The normalized spacial score (nSPS) is 12.3. The molecule has 4 rings (SSSR count). The summed E-state index contributed by atoms with van der Waals surface area (Å²) in [5.41, 5.74) is 3.53. The standard InChI is InChI=1S/C33H36N4O4/c1-37(23-28-15-6-7-17-35-28)33(40)27-14-9-13-26(20-27)32(39)36-30(19-24-10-4-3-5-11-24)31(38)22-34-21-25-12-8-16-29(18-25)41-2/h3-18,20,30-31,34,38H,19,21-23H2,1-2H3,(H,36,39). The Labute approximate surface area is 241 Å². The van der Waals surface area contributed by atoms with Crippen molar-refractivity contribution in [3.05, 3.63) is 131 Å². The zero-order valence-electron chi connectivity index (χ0n) is 23.4. The number of hydrogen-bond donors (Lipinski definition) is 3. The number of ether oxygens (including phenoxy) is 1. The average molecular weight is 553 g/mol. The van der Waals surface area contributed by atoms with Crippen molar-refractivity contribution >= 4 is 11.8 Å². The van der Waals surface area contributed by atoms with E-state index in [0.717, 1.165) is 22.6 Å². The van der Waals surface area contributed by atoms with Crippen molar-refractivity contribution in [1.29, 1.82) is 0 Å². The lowest BCUT2D eigenvalue weighted by Crippen LogP contribution is -2.48. The fourth-order valence-electron chi connectivity index (χ4n) is 4.51. The maximum absolute atomic E-state index is 13.4. The van der Waals surface area contributed by atoms with Crippen LogP contribution in [-0.4, -0.2) is 59.7 Å². The number of amides is 2. The summed E-state index contributed by atoms with van der Waals surface area (Å²) in [6.45, 7) is 1.16. The first-order chi connectivity index (χ1) is 19.9. The van der Waals surface area contributed by atoms with E-state index >= 15 is 0 Å². The summed E-state index contributed by atoms with van der Waals surface area (Å²) in [5.74, 6) is 0.190. The van der Waals surface area contributed by atoms with Gasteiger partial charge in [-0.25, -0.2) is 0 Å². The van der Waals surface area contributed by atoms with Gasteiger partial charge in [-0.3, -0.25) is 14.6 Å². The zero-order chi connectivity index (χ0) is 29.0. The molecule has 2 atom stereocenters. The lowest BCUT2D eigenvalue weighted by atomic mass is 10.00. The molecule has 4 aromatic rings. The molecule has 2 unspecified atom stereocenters. The van der Waals surface area contributed by atoms with Crippen LogP contribution >= 0.6 is 0 Å². The second-order valence-corrected chi connectivity index (χ2v) is 9.88. The number of hydrogen-bond acceptors (Lipinski definition) is 6. The third-order valence-corrected chi connectivity index (χ3v) is 6.74. The predicted molar refractivity (Wildman–Crippen MR) is 159 cm³/mol. The van der Waals surface area contributed by atoms with Crippen LogP contribution in [0.15, 0.2) is 103 Å². The van der Waals surface area contributed by atoms with E-state index in [4.69, 9.17) is 4.74 Å². The monoisotopic (exact) mass is 552 g/mol. The zero-order valence-corrected chi connectivity index (χ0v) is 23.4. The summed E-state index contributed by atoms with van der Waals surface area (Å²) in [4.78, 5) is 32.3. The van der Waals surface area contributed by atoms with Crippen LogP contribution in [0.5, 0.6) is 5.75 Å². The van der Waals surface area contributed by atoms with E-state index in [-0.39, 0.29) is 18.4 Å². The Bertz CT molecular complexity index is 1420. The van der Waals surface area contributed by atoms with Crippen LogP contribution < -0.4 is 15.4 Å². The largest absolute Gasteiger partial charge is 0.497 e. The third kappa shape index (κ3) is 8.73. The summed E-state index contributed by atoms with van der Waals surface area (Å²) in [5, 5.41) is 17.4. The summed E-state index contributed by atoms with van der Waals surface area (Å²) in [6, 6.07) is 29.0. The fourth-order valence-corrected chi connectivity index (χ4v) is 4.51. The molecular weight excluding hydrogens is 516 g/mol. The lowest BCUT2D eigenvalue weighted by Gasteiger charge is -2.25. The van der Waals surface area contributed by atoms with Gasteiger partial charge in [-0.2, -0.15) is 0 Å². The van der Waals surface area contributed by atoms with E-state index in [1.807, 2.05) is 72.8 Å². The quantitative estimate of drug-likeness (QED) is 0.233. The Morgan fingerprint density at radius 2 is 1.63 bits per heavy atom. The number of aliphatic hydroxyl groups is 1. The molecule has 0 saturated carbocycles. The SMILES string of the molecule is COc1cccc(CNCC(O)C(Cc2ccccc2)NC(=O)c2cccc(C(=O)N(C)Cc3ccccn3)c2)c1. The molecule has 41 heavy (non-hydrogen) atoms. The molecule has 0 aliphatic carbocycles. The molecule has 0 spiro atoms. The van der Waals surface area contributed by atoms with Crippen molar-refractivity contribution < 1.29 is 19.4 Å². The van der Waals surface area contributed by atoms with Crippen LogP contribution in [0.1, 0.15) is 37.5 Å². The number of aromatic nitrogens is 1. The van der Waals surface area contributed by atoms with E-state index in [9.17, 15) is 14.7 Å². The van der Waals surface area contributed by atoms with Crippen molar-refractivity contribution in [2.24, 2.45) is 0 Å². The van der Waals surface area contributed by atoms with Gasteiger partial charge in [0.25, 0.3) is 11.8 Å². The number of nitrogens with zero attached hydrogens (tertiary/aromatic N) is 2. The number of benzene rings is 3. The Morgan fingerprint density at radius 3 is 2.39 bits per heavy atom. The van der Waals surface area contributed by atoms with Crippen LogP contribution in [0.25, 0.3) is 0 Å². The van der Waals surface area contributed by atoms with Crippen LogP contribution in [0.2, 0.25) is 0 Å². The molecule has 0 aliphatic heterocycles. The molecule has 8 nitrogen and oxygen atoms in total. The second-order valence-electron chi connectivity index (χ2n) is 9.88. The number of carbonyl (C=O) groups excluding carboxylic acids is 2. The van der Waals surface area contributed by atoms with Crippen LogP contribution in [0.4, 0.5) is 0 Å². The second kappa shape index (κ2) is 14.7. The van der Waals surface area contributed by atoms with Crippen molar-refractivity contribution in [3.63, 3.8) is 0 Å². The molecule has 0 radical (unpaired) electrons. The molecule has 3 N–H and O–H groups in total. The Kier molecular flexibility index (Phi) is 10.6. The molecule has 0 bridgehead atoms. The highest BCUT2D eigenvalue weighted by Gasteiger charge is 2.23. The van der Waals surface area contributed by atoms with E-state index in [1.54, 1.807) is 49.5 Å². The first kappa shape index (κ1) is 29.5. The van der Waals surface area contributed by atoms with Crippen LogP contribution in [-0.2, 0) is 19.5 Å². The van der Waals surface area contributed by atoms with Gasteiger partial charge in [0.1, 0.15) is 5.75 Å². The minimum atomic E-state index is -0.862. The molecule has 0 saturated heterocycles. The molecule has 0 aliphatic rings. The summed E-state index contributed by atoms with van der Waals surface area (Å²) < 4.78 is 5.28. The van der Waals surface area contributed by atoms with Gasteiger partial charge in [0.2, 0.25) is 0 Å². The van der Waals surface area contributed by atoms with Gasteiger partial charge in [0.15, 0.2) is 0 Å². The van der Waals surface area contributed by atoms with Crippen LogP contribution in [0.3, 0.4) is 0 Å². The van der Waals surface area contributed by atoms with Crippen molar-refractivity contribution in [2.75, 3.05) is 20.7 Å². The highest BCUT2D eigenvalue weighted by molar-refractivity contribution is 5.99. The highest BCUT2D eigenvalue weighted by Crippen LogP contribution is 2.14. The third-order valence-electron chi connectivity index (χ3n) is 6.74. The van der Waals surface area contributed by atoms with E-state index < -0.39 is 12.1 Å². The van der Waals surface area contributed by atoms with Gasteiger partial charge in [0.05, 0.1) is 31.5 Å². The van der Waals surface area contributed by atoms with Gasteiger partial charge in [-0.15, -0.1) is 0 Å². The number of nitrogens with one attached hydrogen (secondary N) is 2. The maximum Gasteiger partial charge on any atom is 0.253 e. The van der Waals surface area contributed by atoms with E-state index in [1.165, 1.54) is 0 Å². The first-order valence-corrected chi connectivity index (χ1v) is 13.5. The van der Waals surface area contributed by atoms with Gasteiger partial charge in [-0.05, 0) is 60.0 Å². The summed E-state index contributed by atoms with van der Waals surface area (Å²) in [6.07, 6.45) is 1.27. The molecule has 1 aromatic heterocycles. The van der Waals surface area contributed by atoms with Gasteiger partial charge in [0, 0.05) is 37.5 Å². The Balaban J connectivity index is 1.42. The minimum Gasteiger partial charge on any atom is -0.497 e. The molecule has 212 valence electrons. The van der Waals surface area contributed by atoms with Crippen molar-refractivity contribution in [3.8, 4) is 5.75 Å². The molecular formula is C33H36N4O4. The number of rotatable bonds is 13. The van der Waals surface area contributed by atoms with Gasteiger partial charge < -0.3 is 25.4 Å². The van der Waals surface area contributed by atoms with Crippen molar-refractivity contribution in [2.45, 2.75) is 31.7 Å². The molecule has 0 fully saturated rings. The van der Waals surface area contributed by atoms with Gasteiger partial charge in [-0.1, -0.05) is 54.6 Å².